The molecule has 3 aromatic rings. The molecule has 0 aliphatic heterocycles. The lowest BCUT2D eigenvalue weighted by atomic mass is 10.1. The van der Waals surface area contributed by atoms with E-state index in [0.717, 1.165) is 22.9 Å². The number of amides is 1. The summed E-state index contributed by atoms with van der Waals surface area (Å²) in [7, 11) is 0. The zero-order chi connectivity index (χ0) is 15.9. The van der Waals surface area contributed by atoms with Gasteiger partial charge in [0.2, 0.25) is 5.91 Å². The van der Waals surface area contributed by atoms with Crippen molar-refractivity contribution in [3.63, 3.8) is 0 Å². The van der Waals surface area contributed by atoms with Crippen LogP contribution in [-0.2, 0) is 11.2 Å². The third-order valence-corrected chi connectivity index (χ3v) is 3.66. The Bertz CT molecular complexity index is 825. The number of hydrogen-bond donors (Lipinski definition) is 1. The van der Waals surface area contributed by atoms with Crippen LogP contribution in [0.1, 0.15) is 17.5 Å². The SMILES string of the molecule is O=C(CCc1ccccc1)N/N=C/c1ccc2ccccc2c1. The van der Waals surface area contributed by atoms with Gasteiger partial charge in [0, 0.05) is 6.42 Å². The highest BCUT2D eigenvalue weighted by atomic mass is 16.2. The number of hydrogen-bond acceptors (Lipinski definition) is 2. The minimum atomic E-state index is -0.0779. The molecule has 0 radical (unpaired) electrons. The van der Waals surface area contributed by atoms with Crippen molar-refractivity contribution in [2.45, 2.75) is 12.8 Å². The molecule has 0 saturated carbocycles. The fourth-order valence-corrected chi connectivity index (χ4v) is 2.43. The van der Waals surface area contributed by atoms with Gasteiger partial charge in [0.25, 0.3) is 0 Å². The van der Waals surface area contributed by atoms with E-state index in [0.29, 0.717) is 6.42 Å². The monoisotopic (exact) mass is 302 g/mol. The molecule has 1 N–H and O–H groups in total. The molecule has 0 saturated heterocycles. The topological polar surface area (TPSA) is 41.5 Å². The molecule has 0 bridgehead atoms. The van der Waals surface area contributed by atoms with Gasteiger partial charge in [0.05, 0.1) is 6.21 Å². The van der Waals surface area contributed by atoms with Crippen molar-refractivity contribution in [1.82, 2.24) is 5.43 Å². The number of hydrazone groups is 1. The van der Waals surface area contributed by atoms with Crippen molar-refractivity contribution in [3.05, 3.63) is 83.9 Å². The predicted molar refractivity (Wildman–Crippen MR) is 94.4 cm³/mol. The van der Waals surface area contributed by atoms with Crippen LogP contribution in [-0.4, -0.2) is 12.1 Å². The Hall–Kier alpha value is -2.94. The average molecular weight is 302 g/mol. The number of nitrogens with zero attached hydrogens (tertiary/aromatic N) is 1. The fourth-order valence-electron chi connectivity index (χ4n) is 2.43. The van der Waals surface area contributed by atoms with Crippen LogP contribution >= 0.6 is 0 Å². The van der Waals surface area contributed by atoms with Crippen LogP contribution in [0.2, 0.25) is 0 Å². The second-order valence-electron chi connectivity index (χ2n) is 5.39. The van der Waals surface area contributed by atoms with Gasteiger partial charge >= 0.3 is 0 Å². The summed E-state index contributed by atoms with van der Waals surface area (Å²) in [4.78, 5) is 11.8. The lowest BCUT2D eigenvalue weighted by Gasteiger charge is -2.01. The van der Waals surface area contributed by atoms with Crippen molar-refractivity contribution in [3.8, 4) is 0 Å². The number of benzene rings is 3. The Balaban J connectivity index is 1.54. The van der Waals surface area contributed by atoms with E-state index < -0.39 is 0 Å². The fraction of sp³-hybridized carbons (Fsp3) is 0.100. The summed E-state index contributed by atoms with van der Waals surface area (Å²) in [5, 5.41) is 6.39. The van der Waals surface area contributed by atoms with Crippen LogP contribution < -0.4 is 5.43 Å². The molecule has 0 fully saturated rings. The average Bonchev–Trinajstić information content (AvgIpc) is 2.61. The Labute approximate surface area is 135 Å². The molecule has 3 nitrogen and oxygen atoms in total. The highest BCUT2D eigenvalue weighted by Crippen LogP contribution is 2.14. The second kappa shape index (κ2) is 7.36. The van der Waals surface area contributed by atoms with Gasteiger partial charge in [-0.2, -0.15) is 5.10 Å². The maximum Gasteiger partial charge on any atom is 0.240 e. The third-order valence-electron chi connectivity index (χ3n) is 3.66. The summed E-state index contributed by atoms with van der Waals surface area (Å²) >= 11 is 0. The smallest absolute Gasteiger partial charge is 0.240 e. The van der Waals surface area contributed by atoms with Crippen molar-refractivity contribution >= 4 is 22.9 Å². The summed E-state index contributed by atoms with van der Waals surface area (Å²) in [6.07, 6.45) is 2.82. The van der Waals surface area contributed by atoms with E-state index in [9.17, 15) is 4.79 Å². The van der Waals surface area contributed by atoms with Gasteiger partial charge in [0.1, 0.15) is 0 Å². The van der Waals surface area contributed by atoms with E-state index in [-0.39, 0.29) is 5.91 Å². The first kappa shape index (κ1) is 15.0. The molecule has 0 atom stereocenters. The van der Waals surface area contributed by atoms with E-state index in [1.165, 1.54) is 5.39 Å². The second-order valence-corrected chi connectivity index (χ2v) is 5.39. The van der Waals surface area contributed by atoms with Gasteiger partial charge < -0.3 is 0 Å². The molecule has 23 heavy (non-hydrogen) atoms. The lowest BCUT2D eigenvalue weighted by Crippen LogP contribution is -2.17. The van der Waals surface area contributed by atoms with Gasteiger partial charge in [-0.25, -0.2) is 5.43 Å². The van der Waals surface area contributed by atoms with Crippen LogP contribution in [0.5, 0.6) is 0 Å². The van der Waals surface area contributed by atoms with Crippen LogP contribution in [0.25, 0.3) is 10.8 Å². The molecule has 0 aliphatic carbocycles. The zero-order valence-corrected chi connectivity index (χ0v) is 12.8. The molecule has 0 aliphatic rings. The maximum absolute atomic E-state index is 11.8. The first-order valence-electron chi connectivity index (χ1n) is 7.66. The van der Waals surface area contributed by atoms with E-state index >= 15 is 0 Å². The summed E-state index contributed by atoms with van der Waals surface area (Å²) in [5.41, 5.74) is 4.70. The van der Waals surface area contributed by atoms with E-state index in [1.54, 1.807) is 6.21 Å². The van der Waals surface area contributed by atoms with E-state index in [1.807, 2.05) is 54.6 Å². The first-order chi connectivity index (χ1) is 11.3. The predicted octanol–water partition coefficient (Wildman–Crippen LogP) is 3.92. The Kier molecular flexibility index (Phi) is 4.79. The minimum Gasteiger partial charge on any atom is -0.273 e. The number of fused-ring (bicyclic) bond motifs is 1. The minimum absolute atomic E-state index is 0.0779. The number of nitrogens with one attached hydrogen (secondary N) is 1. The van der Waals surface area contributed by atoms with Gasteiger partial charge in [-0.3, -0.25) is 4.79 Å². The molecular weight excluding hydrogens is 284 g/mol. The highest BCUT2D eigenvalue weighted by molar-refractivity contribution is 5.90. The van der Waals surface area contributed by atoms with Crippen molar-refractivity contribution in [2.24, 2.45) is 5.10 Å². The van der Waals surface area contributed by atoms with Crippen molar-refractivity contribution < 1.29 is 4.79 Å². The molecule has 3 heteroatoms. The van der Waals surface area contributed by atoms with Crippen LogP contribution in [0, 0.1) is 0 Å². The standard InChI is InChI=1S/C20H18N2O/c23-20(13-11-16-6-2-1-3-7-16)22-21-15-17-10-12-18-8-4-5-9-19(18)14-17/h1-10,12,14-15H,11,13H2,(H,22,23)/b21-15+. The van der Waals surface area contributed by atoms with Gasteiger partial charge in [-0.1, -0.05) is 66.7 Å². The summed E-state index contributed by atoms with van der Waals surface area (Å²) in [6.45, 7) is 0. The van der Waals surface area contributed by atoms with Gasteiger partial charge in [-0.15, -0.1) is 0 Å². The molecule has 3 aromatic carbocycles. The lowest BCUT2D eigenvalue weighted by molar-refractivity contribution is -0.121. The molecule has 0 spiro atoms. The first-order valence-corrected chi connectivity index (χ1v) is 7.66. The molecule has 0 unspecified atom stereocenters. The normalized spacial score (nSPS) is 11.0. The number of aryl methyl sites for hydroxylation is 1. The Morgan fingerprint density at radius 2 is 1.65 bits per heavy atom. The molecule has 0 aromatic heterocycles. The number of rotatable bonds is 5. The number of carbonyl (C=O) groups excluding carboxylic acids is 1. The van der Waals surface area contributed by atoms with E-state index in [4.69, 9.17) is 0 Å². The highest BCUT2D eigenvalue weighted by Gasteiger charge is 2.00. The van der Waals surface area contributed by atoms with Crippen LogP contribution in [0.3, 0.4) is 0 Å². The number of carbonyl (C=O) groups is 1. The van der Waals surface area contributed by atoms with Crippen LogP contribution in [0.4, 0.5) is 0 Å². The quantitative estimate of drug-likeness (QED) is 0.563. The maximum atomic E-state index is 11.8. The zero-order valence-electron chi connectivity index (χ0n) is 12.8. The van der Waals surface area contributed by atoms with Gasteiger partial charge in [0.15, 0.2) is 0 Å². The van der Waals surface area contributed by atoms with Crippen molar-refractivity contribution in [1.29, 1.82) is 0 Å². The Morgan fingerprint density at radius 1 is 0.913 bits per heavy atom. The molecule has 1 amide bonds. The van der Waals surface area contributed by atoms with Gasteiger partial charge in [-0.05, 0) is 34.4 Å². The van der Waals surface area contributed by atoms with E-state index in [2.05, 4.69) is 28.7 Å². The molecule has 0 heterocycles. The summed E-state index contributed by atoms with van der Waals surface area (Å²) in [6, 6.07) is 24.2. The van der Waals surface area contributed by atoms with Crippen molar-refractivity contribution in [2.75, 3.05) is 0 Å². The summed E-state index contributed by atoms with van der Waals surface area (Å²) in [5.74, 6) is -0.0779. The van der Waals surface area contributed by atoms with Crippen LogP contribution in [0.15, 0.2) is 77.9 Å². The molecule has 3 rings (SSSR count). The summed E-state index contributed by atoms with van der Waals surface area (Å²) < 4.78 is 0. The third kappa shape index (κ3) is 4.27. The largest absolute Gasteiger partial charge is 0.273 e. The molecular formula is C20H18N2O. The Morgan fingerprint density at radius 3 is 2.48 bits per heavy atom. The molecule has 114 valence electrons.